The normalized spacial score (nSPS) is 10.3. The molecule has 6 heteroatoms. The number of rotatable bonds is 6. The summed E-state index contributed by atoms with van der Waals surface area (Å²) in [5, 5.41) is 10.8. The number of benzene rings is 4. The molecule has 0 aromatic heterocycles. The Hall–Kier alpha value is -2.69. The molecule has 0 saturated carbocycles. The predicted molar refractivity (Wildman–Crippen MR) is 142 cm³/mol. The first kappa shape index (κ1) is 25.9. The fourth-order valence-corrected chi connectivity index (χ4v) is 3.93. The quantitative estimate of drug-likeness (QED) is 0.263. The van der Waals surface area contributed by atoms with Crippen LogP contribution in [-0.4, -0.2) is 19.3 Å². The van der Waals surface area contributed by atoms with Crippen LogP contribution in [0.3, 0.4) is 0 Å². The van der Waals surface area contributed by atoms with Gasteiger partial charge >= 0.3 is 0 Å². The van der Waals surface area contributed by atoms with Crippen molar-refractivity contribution in [1.82, 2.24) is 0 Å². The van der Waals surface area contributed by atoms with E-state index in [1.54, 1.807) is 14.2 Å². The van der Waals surface area contributed by atoms with Crippen LogP contribution in [0.1, 0.15) is 11.1 Å². The lowest BCUT2D eigenvalue weighted by Gasteiger charge is -2.09. The summed E-state index contributed by atoms with van der Waals surface area (Å²) in [4.78, 5) is 0. The van der Waals surface area contributed by atoms with Crippen LogP contribution in [0.15, 0.2) is 84.9 Å². The first-order valence-electron chi connectivity index (χ1n) is 10.5. The van der Waals surface area contributed by atoms with E-state index in [9.17, 15) is 5.11 Å². The van der Waals surface area contributed by atoms with Gasteiger partial charge in [0.2, 0.25) is 0 Å². The van der Waals surface area contributed by atoms with Gasteiger partial charge in [-0.3, -0.25) is 0 Å². The Balaban J connectivity index is 0.000000191. The van der Waals surface area contributed by atoms with Gasteiger partial charge in [-0.15, -0.1) is 11.6 Å². The fourth-order valence-electron chi connectivity index (χ4n) is 3.46. The molecule has 0 spiro atoms. The molecule has 0 fully saturated rings. The summed E-state index contributed by atoms with van der Waals surface area (Å²) in [6.45, 7) is -0.0187. The van der Waals surface area contributed by atoms with E-state index in [4.69, 9.17) is 44.3 Å². The van der Waals surface area contributed by atoms with Gasteiger partial charge in [0.05, 0.1) is 20.8 Å². The molecule has 0 saturated heterocycles. The molecule has 34 heavy (non-hydrogen) atoms. The zero-order valence-corrected chi connectivity index (χ0v) is 21.2. The van der Waals surface area contributed by atoms with Crippen molar-refractivity contribution < 1.29 is 14.6 Å². The van der Waals surface area contributed by atoms with Crippen molar-refractivity contribution >= 4 is 34.8 Å². The molecule has 0 bridgehead atoms. The van der Waals surface area contributed by atoms with Crippen LogP contribution in [0.2, 0.25) is 10.0 Å². The highest BCUT2D eigenvalue weighted by Crippen LogP contribution is 2.30. The maximum absolute atomic E-state index is 9.37. The van der Waals surface area contributed by atoms with Gasteiger partial charge in [0.25, 0.3) is 0 Å². The Labute approximate surface area is 215 Å². The summed E-state index contributed by atoms with van der Waals surface area (Å²) in [6, 6.07) is 26.8. The molecule has 3 nitrogen and oxygen atoms in total. The molecular formula is C28H25Cl3O3. The Bertz CT molecular complexity index is 1110. The van der Waals surface area contributed by atoms with Crippen LogP contribution in [0, 0.1) is 0 Å². The molecule has 176 valence electrons. The number of aliphatic hydroxyl groups excluding tert-OH is 1. The average molecular weight is 516 g/mol. The molecule has 0 heterocycles. The number of alkyl halides is 1. The maximum atomic E-state index is 9.37. The monoisotopic (exact) mass is 514 g/mol. The lowest BCUT2D eigenvalue weighted by atomic mass is 10.00. The Morgan fingerprint density at radius 3 is 1.41 bits per heavy atom. The second-order valence-corrected chi connectivity index (χ2v) is 8.49. The number of hydrogen-bond donors (Lipinski definition) is 1. The van der Waals surface area contributed by atoms with Gasteiger partial charge in [-0.05, 0) is 81.9 Å². The van der Waals surface area contributed by atoms with Gasteiger partial charge in [-0.25, -0.2) is 0 Å². The largest absolute Gasteiger partial charge is 0.497 e. The number of aliphatic hydroxyl groups is 1. The highest BCUT2D eigenvalue weighted by atomic mass is 35.5. The molecule has 0 aliphatic rings. The minimum Gasteiger partial charge on any atom is -0.497 e. The van der Waals surface area contributed by atoms with E-state index in [0.29, 0.717) is 10.9 Å². The minimum absolute atomic E-state index is 0.0187. The lowest BCUT2D eigenvalue weighted by molar-refractivity contribution is 0.281. The number of methoxy groups -OCH3 is 2. The Kier molecular flexibility index (Phi) is 9.67. The van der Waals surface area contributed by atoms with Crippen LogP contribution in [0.5, 0.6) is 11.5 Å². The molecule has 0 radical (unpaired) electrons. The molecule has 4 aromatic rings. The first-order valence-corrected chi connectivity index (χ1v) is 11.8. The molecular weight excluding hydrogens is 491 g/mol. The van der Waals surface area contributed by atoms with Gasteiger partial charge in [0.1, 0.15) is 11.5 Å². The Morgan fingerprint density at radius 2 is 1.03 bits per heavy atom. The van der Waals surface area contributed by atoms with E-state index in [2.05, 4.69) is 0 Å². The molecule has 0 aliphatic heterocycles. The third kappa shape index (κ3) is 6.68. The summed E-state index contributed by atoms with van der Waals surface area (Å²) >= 11 is 17.7. The van der Waals surface area contributed by atoms with E-state index in [-0.39, 0.29) is 6.61 Å². The molecule has 0 unspecified atom stereocenters. The molecule has 4 rings (SSSR count). The lowest BCUT2D eigenvalue weighted by Crippen LogP contribution is -1.91. The van der Waals surface area contributed by atoms with Crippen molar-refractivity contribution in [3.8, 4) is 33.8 Å². The highest BCUT2D eigenvalue weighted by Gasteiger charge is 2.07. The highest BCUT2D eigenvalue weighted by molar-refractivity contribution is 6.31. The second kappa shape index (κ2) is 12.7. The van der Waals surface area contributed by atoms with Crippen molar-refractivity contribution in [1.29, 1.82) is 0 Å². The summed E-state index contributed by atoms with van der Waals surface area (Å²) in [5.41, 5.74) is 6.12. The third-order valence-corrected chi connectivity index (χ3v) is 6.04. The maximum Gasteiger partial charge on any atom is 0.119 e. The van der Waals surface area contributed by atoms with Crippen molar-refractivity contribution in [2.45, 2.75) is 12.5 Å². The van der Waals surface area contributed by atoms with Crippen LogP contribution >= 0.6 is 34.8 Å². The summed E-state index contributed by atoms with van der Waals surface area (Å²) in [7, 11) is 3.26. The minimum atomic E-state index is -0.0187. The summed E-state index contributed by atoms with van der Waals surface area (Å²) in [5.74, 6) is 2.01. The SMILES string of the molecule is COc1ccc(-c2ccc(Cl)cc2)c(CCl)c1.COc1ccc(-c2ccc(Cl)cc2)c(CO)c1. The van der Waals surface area contributed by atoms with Gasteiger partial charge in [-0.2, -0.15) is 0 Å². The third-order valence-electron chi connectivity index (χ3n) is 5.25. The smallest absolute Gasteiger partial charge is 0.119 e. The molecule has 4 aromatic carbocycles. The van der Waals surface area contributed by atoms with Gasteiger partial charge < -0.3 is 14.6 Å². The molecule has 0 amide bonds. The topological polar surface area (TPSA) is 38.7 Å². The van der Waals surface area contributed by atoms with Gasteiger partial charge in [0.15, 0.2) is 0 Å². The number of hydrogen-bond acceptors (Lipinski definition) is 3. The van der Waals surface area contributed by atoms with Gasteiger partial charge in [0, 0.05) is 15.9 Å². The Morgan fingerprint density at radius 1 is 0.618 bits per heavy atom. The molecule has 0 atom stereocenters. The van der Waals surface area contributed by atoms with Crippen molar-refractivity contribution in [2.75, 3.05) is 14.2 Å². The van der Waals surface area contributed by atoms with Crippen LogP contribution in [-0.2, 0) is 12.5 Å². The van der Waals surface area contributed by atoms with Crippen LogP contribution < -0.4 is 9.47 Å². The van der Waals surface area contributed by atoms with Crippen LogP contribution in [0.25, 0.3) is 22.3 Å². The van der Waals surface area contributed by atoms with E-state index in [1.807, 2.05) is 84.9 Å². The zero-order valence-electron chi connectivity index (χ0n) is 18.9. The summed E-state index contributed by atoms with van der Waals surface area (Å²) in [6.07, 6.45) is 0. The predicted octanol–water partition coefficient (Wildman–Crippen LogP) is 8.26. The van der Waals surface area contributed by atoms with E-state index < -0.39 is 0 Å². The van der Waals surface area contributed by atoms with E-state index >= 15 is 0 Å². The first-order chi connectivity index (χ1) is 16.5. The molecule has 0 aliphatic carbocycles. The van der Waals surface area contributed by atoms with Gasteiger partial charge in [-0.1, -0.05) is 59.6 Å². The van der Waals surface area contributed by atoms with Crippen LogP contribution in [0.4, 0.5) is 0 Å². The van der Waals surface area contributed by atoms with Crippen molar-refractivity contribution in [2.24, 2.45) is 0 Å². The number of ether oxygens (including phenoxy) is 2. The summed E-state index contributed by atoms with van der Waals surface area (Å²) < 4.78 is 10.3. The average Bonchev–Trinajstić information content (AvgIpc) is 2.89. The second-order valence-electron chi connectivity index (χ2n) is 7.35. The zero-order chi connectivity index (χ0) is 24.5. The standard InChI is InChI=1S/C14H12Cl2O.C14H13ClO2/c1-17-13-6-7-14(11(8-13)9-15)10-2-4-12(16)5-3-10;1-17-13-6-7-14(11(8-13)9-16)10-2-4-12(15)5-3-10/h2-8H,9H2,1H3;2-8,16H,9H2,1H3. The van der Waals surface area contributed by atoms with E-state index in [0.717, 1.165) is 49.9 Å². The van der Waals surface area contributed by atoms with E-state index in [1.165, 1.54) is 0 Å². The molecule has 1 N–H and O–H groups in total. The fraction of sp³-hybridized carbons (Fsp3) is 0.143. The van der Waals surface area contributed by atoms with Crippen molar-refractivity contribution in [3.63, 3.8) is 0 Å². The number of halogens is 3. The van der Waals surface area contributed by atoms with Crippen molar-refractivity contribution in [3.05, 3.63) is 106 Å².